The summed E-state index contributed by atoms with van der Waals surface area (Å²) in [6, 6.07) is 19.1. The molecule has 0 aromatic heterocycles. The van der Waals surface area contributed by atoms with E-state index in [-0.39, 0.29) is 18.8 Å². The molecule has 0 amide bonds. The van der Waals surface area contributed by atoms with E-state index >= 15 is 0 Å². The molecule has 0 bridgehead atoms. The minimum absolute atomic E-state index is 0.140. The highest BCUT2D eigenvalue weighted by Gasteiger charge is 2.47. The number of carbonyl (C=O) groups excluding carboxylic acids is 2. The van der Waals surface area contributed by atoms with Gasteiger partial charge in [0.25, 0.3) is 0 Å². The fourth-order valence-corrected chi connectivity index (χ4v) is 4.28. The minimum atomic E-state index is -0.965. The van der Waals surface area contributed by atoms with Gasteiger partial charge in [-0.15, -0.1) is 0 Å². The number of carbonyl (C=O) groups is 2. The second-order valence-electron chi connectivity index (χ2n) is 8.86. The van der Waals surface area contributed by atoms with Crippen LogP contribution in [0.5, 0.6) is 0 Å². The van der Waals surface area contributed by atoms with Gasteiger partial charge in [0, 0.05) is 5.57 Å². The summed E-state index contributed by atoms with van der Waals surface area (Å²) in [5, 5.41) is 0. The van der Waals surface area contributed by atoms with E-state index < -0.39 is 30.1 Å². The molecule has 3 atom stereocenters. The highest BCUT2D eigenvalue weighted by Crippen LogP contribution is 2.35. The van der Waals surface area contributed by atoms with E-state index in [9.17, 15) is 9.59 Å². The van der Waals surface area contributed by atoms with E-state index in [0.29, 0.717) is 6.42 Å². The van der Waals surface area contributed by atoms with Crippen molar-refractivity contribution >= 4 is 11.9 Å². The molecular weight excluding hydrogens is 428 g/mol. The lowest BCUT2D eigenvalue weighted by Crippen LogP contribution is -2.39. The predicted molar refractivity (Wildman–Crippen MR) is 132 cm³/mol. The summed E-state index contributed by atoms with van der Waals surface area (Å²) >= 11 is 0. The van der Waals surface area contributed by atoms with Crippen LogP contribution in [0.4, 0.5) is 0 Å². The molecule has 5 nitrogen and oxygen atoms in total. The molecule has 1 saturated heterocycles. The number of ether oxygens (including phenoxy) is 3. The van der Waals surface area contributed by atoms with Crippen molar-refractivity contribution in [3.63, 3.8) is 0 Å². The summed E-state index contributed by atoms with van der Waals surface area (Å²) in [7, 11) is 0. The quantitative estimate of drug-likeness (QED) is 0.190. The average molecular weight is 465 g/mol. The first kappa shape index (κ1) is 25.7. The van der Waals surface area contributed by atoms with E-state index in [0.717, 1.165) is 30.4 Å². The van der Waals surface area contributed by atoms with E-state index in [1.54, 1.807) is 0 Å². The Hall–Kier alpha value is -2.92. The molecule has 1 heterocycles. The Kier molecular flexibility index (Phi) is 10.4. The van der Waals surface area contributed by atoms with Crippen molar-refractivity contribution in [1.29, 1.82) is 0 Å². The summed E-state index contributed by atoms with van der Waals surface area (Å²) in [4.78, 5) is 25.6. The van der Waals surface area contributed by atoms with Crippen molar-refractivity contribution in [3.05, 3.63) is 83.9 Å². The smallest absolute Gasteiger partial charge is 0.336 e. The van der Waals surface area contributed by atoms with Crippen molar-refractivity contribution in [1.82, 2.24) is 0 Å². The second kappa shape index (κ2) is 13.7. The monoisotopic (exact) mass is 464 g/mol. The van der Waals surface area contributed by atoms with Gasteiger partial charge < -0.3 is 14.2 Å². The second-order valence-corrected chi connectivity index (χ2v) is 8.86. The van der Waals surface area contributed by atoms with Crippen molar-refractivity contribution < 1.29 is 23.8 Å². The number of hydrogen-bond acceptors (Lipinski definition) is 5. The Bertz CT molecular complexity index is 909. The Balaban J connectivity index is 1.69. The van der Waals surface area contributed by atoms with Gasteiger partial charge in [-0.05, 0) is 24.0 Å². The predicted octanol–water partition coefficient (Wildman–Crippen LogP) is 6.16. The fourth-order valence-electron chi connectivity index (χ4n) is 4.28. The summed E-state index contributed by atoms with van der Waals surface area (Å²) in [6.07, 6.45) is 6.09. The van der Waals surface area contributed by atoms with Gasteiger partial charge in [0.1, 0.15) is 12.7 Å². The summed E-state index contributed by atoms with van der Waals surface area (Å²) < 4.78 is 17.4. The first-order valence-corrected chi connectivity index (χ1v) is 12.4. The van der Waals surface area contributed by atoms with Gasteiger partial charge in [-0.25, -0.2) is 9.59 Å². The molecule has 3 rings (SSSR count). The molecule has 1 aliphatic heterocycles. The standard InChI is InChI=1S/C29H36O5/c1-3-4-5-6-7-14-19-25-26(22(2)28(30)34-25)27(32-20-23-15-10-8-11-16-23)29(31)33-21-24-17-12-9-13-18-24/h8-13,15-18,25-27H,2-7,14,19-21H2,1H3/t25-,26+,27+/m0/s1. The van der Waals surface area contributed by atoms with Gasteiger partial charge in [-0.1, -0.05) is 106 Å². The molecule has 182 valence electrons. The molecule has 34 heavy (non-hydrogen) atoms. The number of benzene rings is 2. The van der Waals surface area contributed by atoms with Crippen molar-refractivity contribution in [2.45, 2.75) is 77.3 Å². The zero-order valence-electron chi connectivity index (χ0n) is 20.1. The Morgan fingerprint density at radius 3 is 2.15 bits per heavy atom. The zero-order chi connectivity index (χ0) is 24.2. The summed E-state index contributed by atoms with van der Waals surface area (Å²) in [6.45, 7) is 6.51. The van der Waals surface area contributed by atoms with Crippen molar-refractivity contribution in [3.8, 4) is 0 Å². The van der Waals surface area contributed by atoms with Crippen LogP contribution in [0.3, 0.4) is 0 Å². The summed E-state index contributed by atoms with van der Waals surface area (Å²) in [5.41, 5.74) is 2.11. The molecule has 0 aliphatic carbocycles. The Labute approximate surface area is 203 Å². The van der Waals surface area contributed by atoms with Crippen LogP contribution in [0.1, 0.15) is 63.0 Å². The van der Waals surface area contributed by atoms with Gasteiger partial charge in [-0.3, -0.25) is 0 Å². The Morgan fingerprint density at radius 2 is 1.50 bits per heavy atom. The van der Waals surface area contributed by atoms with Crippen molar-refractivity contribution in [2.24, 2.45) is 5.92 Å². The Morgan fingerprint density at radius 1 is 0.912 bits per heavy atom. The average Bonchev–Trinajstić information content (AvgIpc) is 3.14. The third-order valence-electron chi connectivity index (χ3n) is 6.22. The van der Waals surface area contributed by atoms with Gasteiger partial charge in [-0.2, -0.15) is 0 Å². The van der Waals surface area contributed by atoms with E-state index in [4.69, 9.17) is 14.2 Å². The molecule has 0 radical (unpaired) electrons. The molecule has 1 fully saturated rings. The van der Waals surface area contributed by atoms with Crippen LogP contribution in [0.15, 0.2) is 72.8 Å². The number of cyclic esters (lactones) is 1. The van der Waals surface area contributed by atoms with Gasteiger partial charge in [0.05, 0.1) is 12.5 Å². The molecule has 0 spiro atoms. The lowest BCUT2D eigenvalue weighted by molar-refractivity contribution is -0.165. The minimum Gasteiger partial charge on any atom is -0.459 e. The highest BCUT2D eigenvalue weighted by molar-refractivity contribution is 5.92. The first-order valence-electron chi connectivity index (χ1n) is 12.4. The van der Waals surface area contributed by atoms with Gasteiger partial charge >= 0.3 is 11.9 Å². The van der Waals surface area contributed by atoms with E-state index in [1.165, 1.54) is 19.3 Å². The molecule has 0 saturated carbocycles. The highest BCUT2D eigenvalue weighted by atomic mass is 16.6. The largest absolute Gasteiger partial charge is 0.459 e. The molecule has 2 aromatic rings. The number of rotatable bonds is 14. The first-order chi connectivity index (χ1) is 16.6. The molecule has 2 aromatic carbocycles. The van der Waals surface area contributed by atoms with Crippen LogP contribution >= 0.6 is 0 Å². The van der Waals surface area contributed by atoms with E-state index in [2.05, 4.69) is 13.5 Å². The van der Waals surface area contributed by atoms with Crippen LogP contribution in [0.25, 0.3) is 0 Å². The molecule has 5 heteroatoms. The number of esters is 2. The van der Waals surface area contributed by atoms with Crippen LogP contribution in [-0.2, 0) is 37.0 Å². The summed E-state index contributed by atoms with van der Waals surface area (Å²) in [5.74, 6) is -1.52. The zero-order valence-corrected chi connectivity index (χ0v) is 20.1. The topological polar surface area (TPSA) is 61.8 Å². The number of hydrogen-bond donors (Lipinski definition) is 0. The van der Waals surface area contributed by atoms with Crippen LogP contribution in [0.2, 0.25) is 0 Å². The van der Waals surface area contributed by atoms with Crippen molar-refractivity contribution in [2.75, 3.05) is 0 Å². The van der Waals surface area contributed by atoms with Crippen LogP contribution in [-0.4, -0.2) is 24.1 Å². The third-order valence-corrected chi connectivity index (χ3v) is 6.22. The SMILES string of the molecule is C=C1C(=O)O[C@@H](CCCCCCCC)[C@@H]1[C@@H](OCc1ccccc1)C(=O)OCc1ccccc1. The van der Waals surface area contributed by atoms with Crippen LogP contribution in [0, 0.1) is 5.92 Å². The fraction of sp³-hybridized carbons (Fsp3) is 0.448. The third kappa shape index (κ3) is 7.56. The lowest BCUT2D eigenvalue weighted by Gasteiger charge is -2.26. The maximum Gasteiger partial charge on any atom is 0.336 e. The van der Waals surface area contributed by atoms with E-state index in [1.807, 2.05) is 60.7 Å². The normalized spacial score (nSPS) is 18.5. The van der Waals surface area contributed by atoms with Gasteiger partial charge in [0.2, 0.25) is 0 Å². The molecule has 0 N–H and O–H groups in total. The van der Waals surface area contributed by atoms with Crippen LogP contribution < -0.4 is 0 Å². The molecular formula is C29H36O5. The maximum absolute atomic E-state index is 13.2. The van der Waals surface area contributed by atoms with Gasteiger partial charge in [0.15, 0.2) is 6.10 Å². The number of unbranched alkanes of at least 4 members (excludes halogenated alkanes) is 5. The molecule has 0 unspecified atom stereocenters. The maximum atomic E-state index is 13.2. The lowest BCUT2D eigenvalue weighted by atomic mass is 9.88. The molecule has 1 aliphatic rings.